The molecule has 0 saturated heterocycles. The zero-order valence-corrected chi connectivity index (χ0v) is 44.4. The van der Waals surface area contributed by atoms with E-state index < -0.39 is 75.7 Å². The quantitative estimate of drug-likeness (QED) is 0.0145. The van der Waals surface area contributed by atoms with Crippen molar-refractivity contribution in [2.24, 2.45) is 0 Å². The highest BCUT2D eigenvalue weighted by Crippen LogP contribution is 2.47. The van der Waals surface area contributed by atoms with E-state index in [1.165, 1.54) is 116 Å². The first-order chi connectivity index (χ1) is 33.9. The Hall–Kier alpha value is -2.45. The smallest absolute Gasteiger partial charge is 0.462 e. The number of phosphoric acid groups is 1. The molecule has 1 saturated carbocycles. The highest BCUT2D eigenvalue weighted by molar-refractivity contribution is 7.47. The van der Waals surface area contributed by atoms with E-state index in [0.717, 1.165) is 70.6 Å². The number of ether oxygens (including phenoxy) is 2. The van der Waals surface area contributed by atoms with Gasteiger partial charge in [-0.2, -0.15) is 0 Å². The lowest BCUT2D eigenvalue weighted by atomic mass is 9.85. The van der Waals surface area contributed by atoms with Crippen LogP contribution in [0, 0.1) is 0 Å². The normalized spacial score (nSPS) is 21.2. The van der Waals surface area contributed by atoms with Crippen molar-refractivity contribution in [3.8, 4) is 0 Å². The van der Waals surface area contributed by atoms with Crippen molar-refractivity contribution < 1.29 is 63.1 Å². The second kappa shape index (κ2) is 45.2. The van der Waals surface area contributed by atoms with Gasteiger partial charge < -0.3 is 39.9 Å². The van der Waals surface area contributed by atoms with Gasteiger partial charge in [0.2, 0.25) is 0 Å². The van der Waals surface area contributed by atoms with Crippen LogP contribution in [0.4, 0.5) is 0 Å². The van der Waals surface area contributed by atoms with Crippen LogP contribution >= 0.6 is 7.82 Å². The van der Waals surface area contributed by atoms with E-state index in [9.17, 15) is 44.6 Å². The number of unbranched alkanes of at least 4 members (excludes halogenated alkanes) is 24. The van der Waals surface area contributed by atoms with Gasteiger partial charge in [-0.25, -0.2) is 4.57 Å². The number of rotatable bonds is 46. The number of hydrogen-bond acceptors (Lipinski definition) is 12. The van der Waals surface area contributed by atoms with Gasteiger partial charge in [0.1, 0.15) is 43.2 Å². The number of aliphatic hydroxyl groups excluding tert-OH is 5. The maximum atomic E-state index is 12.9. The Morgan fingerprint density at radius 3 is 1.24 bits per heavy atom. The summed E-state index contributed by atoms with van der Waals surface area (Å²) >= 11 is 0. The van der Waals surface area contributed by atoms with Gasteiger partial charge in [-0.1, -0.05) is 216 Å². The third-order valence-corrected chi connectivity index (χ3v) is 13.6. The number of aliphatic hydroxyl groups is 5. The fourth-order valence-corrected chi connectivity index (χ4v) is 9.23. The van der Waals surface area contributed by atoms with Crippen molar-refractivity contribution in [2.45, 2.75) is 268 Å². The van der Waals surface area contributed by atoms with E-state index in [2.05, 4.69) is 74.6 Å². The van der Waals surface area contributed by atoms with Crippen LogP contribution in [0.5, 0.6) is 0 Å². The predicted molar refractivity (Wildman–Crippen MR) is 281 cm³/mol. The highest BCUT2D eigenvalue weighted by Gasteiger charge is 2.51. The lowest BCUT2D eigenvalue weighted by Gasteiger charge is -2.41. The van der Waals surface area contributed by atoms with Crippen LogP contribution < -0.4 is 0 Å². The van der Waals surface area contributed by atoms with Crippen molar-refractivity contribution in [1.29, 1.82) is 0 Å². The van der Waals surface area contributed by atoms with Gasteiger partial charge in [-0.15, -0.1) is 0 Å². The zero-order valence-electron chi connectivity index (χ0n) is 43.6. The van der Waals surface area contributed by atoms with Crippen LogP contribution in [0.25, 0.3) is 0 Å². The predicted octanol–water partition coefficient (Wildman–Crippen LogP) is 12.5. The first-order valence-electron chi connectivity index (χ1n) is 27.6. The van der Waals surface area contributed by atoms with Crippen LogP contribution in [-0.2, 0) is 32.7 Å². The minimum absolute atomic E-state index is 0.0570. The molecule has 0 radical (unpaired) electrons. The number of carbonyl (C=O) groups is 2. The topological polar surface area (TPSA) is 210 Å². The molecule has 1 fully saturated rings. The average molecular weight is 1010 g/mol. The fraction of sp³-hybridized carbons (Fsp3) is 0.786. The molecular weight excluding hydrogens is 912 g/mol. The highest BCUT2D eigenvalue weighted by atomic mass is 31.2. The van der Waals surface area contributed by atoms with Crippen LogP contribution in [-0.4, -0.2) is 98.3 Å². The maximum Gasteiger partial charge on any atom is 0.472 e. The molecule has 0 aromatic rings. The molecule has 0 spiro atoms. The van der Waals surface area contributed by atoms with Gasteiger partial charge in [0.25, 0.3) is 0 Å². The Morgan fingerprint density at radius 1 is 0.457 bits per heavy atom. The average Bonchev–Trinajstić information content (AvgIpc) is 3.34. The number of esters is 2. The van der Waals surface area contributed by atoms with Gasteiger partial charge in [0, 0.05) is 12.8 Å². The molecule has 0 aliphatic heterocycles. The molecule has 0 aromatic carbocycles. The zero-order chi connectivity index (χ0) is 51.3. The Balaban J connectivity index is 2.37. The molecule has 8 atom stereocenters. The molecule has 6 unspecified atom stereocenters. The van der Waals surface area contributed by atoms with Crippen molar-refractivity contribution in [2.75, 3.05) is 13.2 Å². The van der Waals surface area contributed by atoms with E-state index in [1.54, 1.807) is 0 Å². The standard InChI is InChI=1S/C56H99O13P/c1-3-5-7-9-11-13-15-17-19-21-23-24-25-27-28-30-32-34-36-38-40-42-44-49(57)66-46-48(47-67-70(64,65)69-56-54(62)52(60)51(59)53(61)55(56)63)68-50(58)45-43-41-39-37-35-33-31-29-26-22-20-18-16-14-12-10-8-6-4-2/h6,8,12,14,18,20,26,29,33,35,48,51-56,59-63H,3-5,7,9-11,13,15-17,19,21-25,27-28,30-32,34,36-47H2,1-2H3,(H,64,65)/b8-6+,14-12+,20-18+,29-26+,35-33+/t48-,51?,52-,53?,54?,55?,56?/m0/s1. The molecule has 406 valence electrons. The van der Waals surface area contributed by atoms with Crippen molar-refractivity contribution in [3.05, 3.63) is 60.8 Å². The lowest BCUT2D eigenvalue weighted by molar-refractivity contribution is -0.220. The molecule has 70 heavy (non-hydrogen) atoms. The molecule has 14 heteroatoms. The van der Waals surface area contributed by atoms with E-state index in [0.29, 0.717) is 12.8 Å². The van der Waals surface area contributed by atoms with Gasteiger partial charge in [-0.3, -0.25) is 18.6 Å². The lowest BCUT2D eigenvalue weighted by Crippen LogP contribution is -2.64. The molecule has 0 bridgehead atoms. The molecule has 0 amide bonds. The van der Waals surface area contributed by atoms with Gasteiger partial charge >= 0.3 is 19.8 Å². The number of phosphoric ester groups is 1. The van der Waals surface area contributed by atoms with E-state index in [1.807, 2.05) is 0 Å². The second-order valence-electron chi connectivity index (χ2n) is 19.1. The number of allylic oxidation sites excluding steroid dienone is 10. The summed E-state index contributed by atoms with van der Waals surface area (Å²) in [4.78, 5) is 35.9. The molecule has 0 heterocycles. The first kappa shape index (κ1) is 65.6. The van der Waals surface area contributed by atoms with Gasteiger partial charge in [0.15, 0.2) is 6.10 Å². The van der Waals surface area contributed by atoms with Crippen molar-refractivity contribution >= 4 is 19.8 Å². The molecule has 13 nitrogen and oxygen atoms in total. The monoisotopic (exact) mass is 1010 g/mol. The third-order valence-electron chi connectivity index (χ3n) is 12.6. The molecule has 1 rings (SSSR count). The minimum Gasteiger partial charge on any atom is -0.462 e. The van der Waals surface area contributed by atoms with Crippen molar-refractivity contribution in [1.82, 2.24) is 0 Å². The van der Waals surface area contributed by atoms with Crippen LogP contribution in [0.3, 0.4) is 0 Å². The van der Waals surface area contributed by atoms with E-state index in [-0.39, 0.29) is 12.8 Å². The summed E-state index contributed by atoms with van der Waals surface area (Å²) in [5.74, 6) is -1.13. The van der Waals surface area contributed by atoms with Crippen molar-refractivity contribution in [3.63, 3.8) is 0 Å². The summed E-state index contributed by atoms with van der Waals surface area (Å²) in [6.07, 6.45) is 44.1. The van der Waals surface area contributed by atoms with Crippen LogP contribution in [0.2, 0.25) is 0 Å². The third kappa shape index (κ3) is 36.5. The summed E-state index contributed by atoms with van der Waals surface area (Å²) in [5, 5.41) is 50.3. The van der Waals surface area contributed by atoms with Crippen LogP contribution in [0.1, 0.15) is 226 Å². The summed E-state index contributed by atoms with van der Waals surface area (Å²) in [7, 11) is -5.14. The van der Waals surface area contributed by atoms with E-state index >= 15 is 0 Å². The minimum atomic E-state index is -5.14. The molecule has 1 aliphatic carbocycles. The Morgan fingerprint density at radius 2 is 0.814 bits per heavy atom. The van der Waals surface area contributed by atoms with Crippen LogP contribution in [0.15, 0.2) is 60.8 Å². The van der Waals surface area contributed by atoms with E-state index in [4.69, 9.17) is 18.5 Å². The summed E-state index contributed by atoms with van der Waals surface area (Å²) in [6, 6.07) is 0. The molecule has 6 N–H and O–H groups in total. The molecular formula is C56H99O13P. The molecule has 0 aromatic heterocycles. The van der Waals surface area contributed by atoms with Gasteiger partial charge in [0.05, 0.1) is 6.61 Å². The summed E-state index contributed by atoms with van der Waals surface area (Å²) in [5.41, 5.74) is 0. The fourth-order valence-electron chi connectivity index (χ4n) is 8.26. The van der Waals surface area contributed by atoms with Gasteiger partial charge in [-0.05, 0) is 57.8 Å². The summed E-state index contributed by atoms with van der Waals surface area (Å²) < 4.78 is 33.7. The number of hydrogen-bond donors (Lipinski definition) is 6. The molecule has 1 aliphatic rings. The SMILES string of the molecule is CC/C=C/C/C=C/C/C=C/C/C=C/C/C=C/CCCCCC(=O)O[C@@H](COC(=O)CCCCCCCCCCCCCCCCCCCCCCCC)COP(=O)(O)OC1C(O)C(O)C(O)[C@H](O)C1O. The largest absolute Gasteiger partial charge is 0.472 e. The first-order valence-corrected chi connectivity index (χ1v) is 29.1. The summed E-state index contributed by atoms with van der Waals surface area (Å²) in [6.45, 7) is 3.20. The Kier molecular flexibility index (Phi) is 42.3. The maximum absolute atomic E-state index is 12.9. The Labute approximate surface area is 423 Å². The Bertz CT molecular complexity index is 1450. The number of carbonyl (C=O) groups excluding carboxylic acids is 2. The second-order valence-corrected chi connectivity index (χ2v) is 20.5.